The van der Waals surface area contributed by atoms with E-state index in [2.05, 4.69) is 35.9 Å². The molecule has 0 saturated carbocycles. The summed E-state index contributed by atoms with van der Waals surface area (Å²) < 4.78 is 0. The number of aromatic amines is 2. The van der Waals surface area contributed by atoms with Crippen molar-refractivity contribution < 1.29 is 39.0 Å². The van der Waals surface area contributed by atoms with E-state index in [1.54, 1.807) is 0 Å². The Hall–Kier alpha value is -4.80. The number of carbonyl (C=O) groups is 6. The van der Waals surface area contributed by atoms with Crippen molar-refractivity contribution in [1.29, 1.82) is 0 Å². The summed E-state index contributed by atoms with van der Waals surface area (Å²) in [5, 5.41) is 25.6. The quantitative estimate of drug-likeness (QED) is 0.0952. The Morgan fingerprint density at radius 2 is 1.26 bits per heavy atom. The van der Waals surface area contributed by atoms with E-state index in [4.69, 9.17) is 16.6 Å². The molecule has 0 aliphatic rings. The molecule has 4 atom stereocenters. The number of nitrogens with zero attached hydrogens (tertiary/aromatic N) is 2. The van der Waals surface area contributed by atoms with Gasteiger partial charge in [0, 0.05) is 49.5 Å². The van der Waals surface area contributed by atoms with Gasteiger partial charge < -0.3 is 47.6 Å². The first-order valence-corrected chi connectivity index (χ1v) is 11.8. The molecule has 11 N–H and O–H groups in total. The maximum absolute atomic E-state index is 13.1. The fraction of sp³-hybridized carbons (Fsp3) is 0.455. The predicted molar refractivity (Wildman–Crippen MR) is 131 cm³/mol. The van der Waals surface area contributed by atoms with Crippen LogP contribution in [-0.4, -0.2) is 89.9 Å². The lowest BCUT2D eigenvalue weighted by atomic mass is 10.1. The zero-order valence-electron chi connectivity index (χ0n) is 20.8. The Kier molecular flexibility index (Phi) is 11.6. The van der Waals surface area contributed by atoms with Gasteiger partial charge in [-0.3, -0.25) is 24.0 Å². The highest BCUT2D eigenvalue weighted by Gasteiger charge is 2.31. The number of aromatic nitrogens is 4. The molecule has 17 nitrogen and oxygen atoms in total. The lowest BCUT2D eigenvalue weighted by Crippen LogP contribution is -2.57. The number of hydrogen-bond donors (Lipinski definition) is 9. The fourth-order valence-electron chi connectivity index (χ4n) is 3.46. The van der Waals surface area contributed by atoms with E-state index in [-0.39, 0.29) is 32.1 Å². The van der Waals surface area contributed by atoms with E-state index in [1.165, 1.54) is 25.0 Å². The van der Waals surface area contributed by atoms with Crippen LogP contribution < -0.4 is 27.4 Å². The normalized spacial score (nSPS) is 13.9. The van der Waals surface area contributed by atoms with Crippen molar-refractivity contribution in [3.05, 3.63) is 36.4 Å². The lowest BCUT2D eigenvalue weighted by Gasteiger charge is -2.25. The number of amides is 4. The maximum Gasteiger partial charge on any atom is 0.326 e. The summed E-state index contributed by atoms with van der Waals surface area (Å²) in [5.74, 6) is -6.04. The first-order chi connectivity index (χ1) is 18.5. The summed E-state index contributed by atoms with van der Waals surface area (Å²) in [4.78, 5) is 85.9. The highest BCUT2D eigenvalue weighted by molar-refractivity contribution is 5.94. The van der Waals surface area contributed by atoms with Crippen LogP contribution >= 0.6 is 0 Å². The number of rotatable bonds is 17. The molecule has 4 amide bonds. The lowest BCUT2D eigenvalue weighted by molar-refractivity contribution is -0.143. The van der Waals surface area contributed by atoms with Crippen LogP contribution in [0, 0.1) is 0 Å². The Morgan fingerprint density at radius 3 is 1.72 bits per heavy atom. The van der Waals surface area contributed by atoms with Gasteiger partial charge >= 0.3 is 11.9 Å². The largest absolute Gasteiger partial charge is 0.481 e. The fourth-order valence-corrected chi connectivity index (χ4v) is 3.46. The van der Waals surface area contributed by atoms with Gasteiger partial charge in [-0.15, -0.1) is 0 Å². The summed E-state index contributed by atoms with van der Waals surface area (Å²) in [6.45, 7) is 0. The van der Waals surface area contributed by atoms with E-state index in [1.807, 2.05) is 0 Å². The number of carboxylic acids is 2. The second-order valence-electron chi connectivity index (χ2n) is 8.63. The zero-order valence-corrected chi connectivity index (χ0v) is 20.8. The average molecular weight is 550 g/mol. The van der Waals surface area contributed by atoms with Crippen molar-refractivity contribution in [1.82, 2.24) is 35.9 Å². The summed E-state index contributed by atoms with van der Waals surface area (Å²) >= 11 is 0. The van der Waals surface area contributed by atoms with Gasteiger partial charge in [0.15, 0.2) is 0 Å². The Morgan fingerprint density at radius 1 is 0.769 bits per heavy atom. The summed E-state index contributed by atoms with van der Waals surface area (Å²) in [5.41, 5.74) is 12.1. The van der Waals surface area contributed by atoms with E-state index < -0.39 is 66.2 Å². The van der Waals surface area contributed by atoms with Gasteiger partial charge in [-0.2, -0.15) is 0 Å². The molecule has 0 aromatic carbocycles. The molecular weight excluding hydrogens is 518 g/mol. The van der Waals surface area contributed by atoms with Gasteiger partial charge in [0.25, 0.3) is 0 Å². The number of carbonyl (C=O) groups excluding carboxylic acids is 4. The van der Waals surface area contributed by atoms with Crippen LogP contribution in [0.1, 0.15) is 37.1 Å². The molecule has 4 unspecified atom stereocenters. The van der Waals surface area contributed by atoms with Gasteiger partial charge in [-0.1, -0.05) is 0 Å². The molecule has 0 spiro atoms. The number of aliphatic carboxylic acids is 2. The molecule has 0 saturated heterocycles. The number of nitrogens with two attached hydrogens (primary N) is 2. The number of carboxylic acid groups (broad SMARTS) is 2. The smallest absolute Gasteiger partial charge is 0.326 e. The number of nitrogens with one attached hydrogen (secondary N) is 5. The van der Waals surface area contributed by atoms with Crippen LogP contribution in [0.4, 0.5) is 0 Å². The highest BCUT2D eigenvalue weighted by Crippen LogP contribution is 2.06. The third-order valence-corrected chi connectivity index (χ3v) is 5.52. The predicted octanol–water partition coefficient (Wildman–Crippen LogP) is -3.09. The van der Waals surface area contributed by atoms with Crippen LogP contribution in [0.25, 0.3) is 0 Å². The van der Waals surface area contributed by atoms with Crippen molar-refractivity contribution in [2.45, 2.75) is 62.7 Å². The number of H-pyrrole nitrogens is 2. The van der Waals surface area contributed by atoms with Gasteiger partial charge in [0.2, 0.25) is 23.6 Å². The van der Waals surface area contributed by atoms with Crippen molar-refractivity contribution in [3.63, 3.8) is 0 Å². The molecule has 0 aliphatic heterocycles. The van der Waals surface area contributed by atoms with Crippen molar-refractivity contribution in [2.24, 2.45) is 11.5 Å². The van der Waals surface area contributed by atoms with Gasteiger partial charge in [0.05, 0.1) is 18.7 Å². The van der Waals surface area contributed by atoms with Crippen molar-refractivity contribution in [3.8, 4) is 0 Å². The molecule has 0 radical (unpaired) electrons. The molecule has 2 aromatic rings. The minimum absolute atomic E-state index is 0.0620. The standard InChI is InChI=1S/C22H31N9O8/c23-13(5-11-7-25-9-27-11)19(35)29-14(1-3-17(24)32)20(36)30-15(2-4-18(33)34)21(37)31-16(22(38)39)6-12-8-26-10-28-12/h7-10,13-16H,1-6,23H2,(H2,24,32)(H,25,27)(H,26,28)(H,29,35)(H,30,36)(H,31,37)(H,33,34)(H,38,39). The Bertz CT molecular complexity index is 1140. The van der Waals surface area contributed by atoms with Gasteiger partial charge in [-0.05, 0) is 12.8 Å². The van der Waals surface area contributed by atoms with Gasteiger partial charge in [0.1, 0.15) is 18.1 Å². The minimum atomic E-state index is -1.48. The van der Waals surface area contributed by atoms with Crippen LogP contribution in [0.15, 0.2) is 25.0 Å². The van der Waals surface area contributed by atoms with Crippen molar-refractivity contribution >= 4 is 35.6 Å². The average Bonchev–Trinajstić information content (AvgIpc) is 3.57. The van der Waals surface area contributed by atoms with Crippen LogP contribution in [0.3, 0.4) is 0 Å². The summed E-state index contributed by atoms with van der Waals surface area (Å²) in [7, 11) is 0. The van der Waals surface area contributed by atoms with E-state index >= 15 is 0 Å². The monoisotopic (exact) mass is 549 g/mol. The minimum Gasteiger partial charge on any atom is -0.481 e. The number of hydrogen-bond acceptors (Lipinski definition) is 9. The molecule has 212 valence electrons. The molecule has 0 bridgehead atoms. The molecule has 0 fully saturated rings. The molecular formula is C22H31N9O8. The van der Waals surface area contributed by atoms with E-state index in [0.717, 1.165) is 0 Å². The van der Waals surface area contributed by atoms with E-state index in [0.29, 0.717) is 11.4 Å². The zero-order chi connectivity index (χ0) is 28.9. The summed E-state index contributed by atoms with van der Waals surface area (Å²) in [6.07, 6.45) is 3.99. The SMILES string of the molecule is NC(=O)CCC(NC(=O)C(N)Cc1cnc[nH]1)C(=O)NC(CCC(=O)O)C(=O)NC(Cc1cnc[nH]1)C(=O)O. The maximum atomic E-state index is 13.1. The van der Waals surface area contributed by atoms with Crippen LogP contribution in [0.2, 0.25) is 0 Å². The highest BCUT2D eigenvalue weighted by atomic mass is 16.4. The van der Waals surface area contributed by atoms with Crippen LogP contribution in [-0.2, 0) is 41.6 Å². The molecule has 39 heavy (non-hydrogen) atoms. The first kappa shape index (κ1) is 30.4. The van der Waals surface area contributed by atoms with E-state index in [9.17, 15) is 33.9 Å². The Balaban J connectivity index is 2.14. The molecule has 2 heterocycles. The van der Waals surface area contributed by atoms with Crippen molar-refractivity contribution in [2.75, 3.05) is 0 Å². The first-order valence-electron chi connectivity index (χ1n) is 11.8. The number of primary amides is 1. The third-order valence-electron chi connectivity index (χ3n) is 5.52. The van der Waals surface area contributed by atoms with Gasteiger partial charge in [-0.25, -0.2) is 14.8 Å². The molecule has 0 aliphatic carbocycles. The third kappa shape index (κ3) is 10.6. The Labute approximate surface area is 221 Å². The second-order valence-corrected chi connectivity index (χ2v) is 8.63. The summed E-state index contributed by atoms with van der Waals surface area (Å²) in [6, 6.07) is -5.37. The topological polar surface area (TPSA) is 288 Å². The molecule has 2 rings (SSSR count). The second kappa shape index (κ2) is 14.8. The molecule has 2 aromatic heterocycles. The van der Waals surface area contributed by atoms with Crippen LogP contribution in [0.5, 0.6) is 0 Å². The number of imidazole rings is 2. The molecule has 17 heteroatoms.